The van der Waals surface area contributed by atoms with Crippen molar-refractivity contribution >= 4 is 14.3 Å². The molecular formula is C10H23Ge. The summed E-state index contributed by atoms with van der Waals surface area (Å²) in [6, 6.07) is 0. The van der Waals surface area contributed by atoms with Crippen molar-refractivity contribution in [3.05, 3.63) is 0 Å². The Hall–Kier alpha value is 0.543. The van der Waals surface area contributed by atoms with Gasteiger partial charge in [-0.05, 0) is 0 Å². The molecule has 1 radical (unpaired) electrons. The number of rotatable bonds is 4. The topological polar surface area (TPSA) is 0 Å². The molecule has 0 aliphatic rings. The van der Waals surface area contributed by atoms with Crippen LogP contribution in [0.15, 0.2) is 0 Å². The summed E-state index contributed by atoms with van der Waals surface area (Å²) in [7, 11) is 0. The summed E-state index contributed by atoms with van der Waals surface area (Å²) < 4.78 is 3.06. The monoisotopic (exact) mass is 217 g/mol. The van der Waals surface area contributed by atoms with E-state index < -0.39 is 14.3 Å². The van der Waals surface area contributed by atoms with Crippen LogP contribution in [0.4, 0.5) is 0 Å². The van der Waals surface area contributed by atoms with Crippen LogP contribution in [0.25, 0.3) is 0 Å². The molecule has 0 aromatic heterocycles. The van der Waals surface area contributed by atoms with Crippen molar-refractivity contribution in [2.75, 3.05) is 0 Å². The molecule has 11 heavy (non-hydrogen) atoms. The predicted octanol–water partition coefficient (Wildman–Crippen LogP) is 4.10. The van der Waals surface area contributed by atoms with Crippen LogP contribution in [0.2, 0.25) is 14.3 Å². The Labute approximate surface area is 76.9 Å². The van der Waals surface area contributed by atoms with E-state index in [1.807, 2.05) is 0 Å². The Morgan fingerprint density at radius 2 is 1.27 bits per heavy atom. The molecule has 0 saturated heterocycles. The van der Waals surface area contributed by atoms with Crippen LogP contribution in [0.3, 0.4) is 0 Å². The third-order valence-corrected chi connectivity index (χ3v) is 11.4. The molecule has 1 unspecified atom stereocenters. The normalized spacial score (nSPS) is 15.0. The molecule has 1 heteroatoms. The molecule has 0 rings (SSSR count). The van der Waals surface area contributed by atoms with Crippen LogP contribution in [-0.2, 0) is 0 Å². The van der Waals surface area contributed by atoms with E-state index in [0.29, 0.717) is 0 Å². The molecule has 0 fully saturated rings. The predicted molar refractivity (Wildman–Crippen MR) is 55.7 cm³/mol. The number of hydrogen-bond acceptors (Lipinski definition) is 0. The van der Waals surface area contributed by atoms with Crippen LogP contribution in [0.5, 0.6) is 0 Å². The van der Waals surface area contributed by atoms with E-state index in [2.05, 4.69) is 41.5 Å². The van der Waals surface area contributed by atoms with E-state index in [4.69, 9.17) is 0 Å². The van der Waals surface area contributed by atoms with Gasteiger partial charge in [-0.3, -0.25) is 0 Å². The van der Waals surface area contributed by atoms with E-state index in [9.17, 15) is 0 Å². The minimum atomic E-state index is -0.750. The fraction of sp³-hybridized carbons (Fsp3) is 1.00. The van der Waals surface area contributed by atoms with Crippen LogP contribution in [0, 0.1) is 0 Å². The zero-order valence-electron chi connectivity index (χ0n) is 8.94. The van der Waals surface area contributed by atoms with Crippen LogP contribution in [-0.4, -0.2) is 14.3 Å². The Morgan fingerprint density at radius 3 is 1.36 bits per heavy atom. The summed E-state index contributed by atoms with van der Waals surface area (Å²) in [5.74, 6) is 0. The summed E-state index contributed by atoms with van der Waals surface area (Å²) in [5, 5.41) is 0. The van der Waals surface area contributed by atoms with Gasteiger partial charge in [-0.25, -0.2) is 0 Å². The first kappa shape index (κ1) is 11.5. The SMILES string of the molecule is CC[CH](C)[Ge]([CH](C)C)[CH](C)C. The first-order chi connectivity index (χ1) is 5.00. The molecule has 0 aromatic rings. The van der Waals surface area contributed by atoms with Crippen molar-refractivity contribution in [2.45, 2.75) is 62.2 Å². The van der Waals surface area contributed by atoms with Gasteiger partial charge in [0.25, 0.3) is 0 Å². The van der Waals surface area contributed by atoms with E-state index in [1.165, 1.54) is 6.42 Å². The average molecular weight is 216 g/mol. The van der Waals surface area contributed by atoms with Gasteiger partial charge in [-0.15, -0.1) is 0 Å². The molecule has 0 N–H and O–H groups in total. The zero-order chi connectivity index (χ0) is 9.02. The van der Waals surface area contributed by atoms with Gasteiger partial charge in [0, 0.05) is 0 Å². The molecule has 0 nitrogen and oxygen atoms in total. The van der Waals surface area contributed by atoms with Gasteiger partial charge in [-0.1, -0.05) is 0 Å². The summed E-state index contributed by atoms with van der Waals surface area (Å²) in [6.07, 6.45) is 1.39. The van der Waals surface area contributed by atoms with Gasteiger partial charge in [0.2, 0.25) is 0 Å². The van der Waals surface area contributed by atoms with Gasteiger partial charge < -0.3 is 0 Å². The molecular weight excluding hydrogens is 193 g/mol. The second-order valence-corrected chi connectivity index (χ2v) is 13.1. The summed E-state index contributed by atoms with van der Waals surface area (Å²) in [4.78, 5) is 0. The minimum absolute atomic E-state index is 0.750. The van der Waals surface area contributed by atoms with Crippen LogP contribution >= 0.6 is 0 Å². The Bertz CT molecular complexity index is 89.0. The van der Waals surface area contributed by atoms with E-state index in [-0.39, 0.29) is 0 Å². The van der Waals surface area contributed by atoms with Crippen molar-refractivity contribution in [2.24, 2.45) is 0 Å². The van der Waals surface area contributed by atoms with E-state index in [1.54, 1.807) is 0 Å². The summed E-state index contributed by atoms with van der Waals surface area (Å²) >= 11 is -0.750. The third-order valence-electron chi connectivity index (χ3n) is 2.51. The first-order valence-electron chi connectivity index (χ1n) is 4.87. The van der Waals surface area contributed by atoms with Crippen molar-refractivity contribution < 1.29 is 0 Å². The molecule has 0 aliphatic heterocycles. The third kappa shape index (κ3) is 3.64. The maximum atomic E-state index is 2.45. The van der Waals surface area contributed by atoms with Crippen molar-refractivity contribution in [3.8, 4) is 0 Å². The Balaban J connectivity index is 4.09. The Kier molecular flexibility index (Phi) is 5.49. The van der Waals surface area contributed by atoms with Gasteiger partial charge in [0.15, 0.2) is 0 Å². The summed E-state index contributed by atoms with van der Waals surface area (Å²) in [6.45, 7) is 14.5. The van der Waals surface area contributed by atoms with Gasteiger partial charge in [0.1, 0.15) is 0 Å². The zero-order valence-corrected chi connectivity index (χ0v) is 11.0. The van der Waals surface area contributed by atoms with Crippen molar-refractivity contribution in [3.63, 3.8) is 0 Å². The molecule has 0 aliphatic carbocycles. The van der Waals surface area contributed by atoms with Gasteiger partial charge >= 0.3 is 76.6 Å². The average Bonchev–Trinajstić information content (AvgIpc) is 1.85. The molecule has 67 valence electrons. The second-order valence-electron chi connectivity index (χ2n) is 4.12. The van der Waals surface area contributed by atoms with Crippen LogP contribution < -0.4 is 0 Å². The molecule has 1 atom stereocenters. The van der Waals surface area contributed by atoms with Crippen molar-refractivity contribution in [1.82, 2.24) is 0 Å². The quantitative estimate of drug-likeness (QED) is 0.620. The van der Waals surface area contributed by atoms with Gasteiger partial charge in [-0.2, -0.15) is 0 Å². The van der Waals surface area contributed by atoms with Gasteiger partial charge in [0.05, 0.1) is 0 Å². The molecule has 0 heterocycles. The Morgan fingerprint density at radius 1 is 0.909 bits per heavy atom. The molecule has 0 saturated carbocycles. The van der Waals surface area contributed by atoms with E-state index in [0.717, 1.165) is 14.3 Å². The molecule has 0 amide bonds. The van der Waals surface area contributed by atoms with Crippen LogP contribution in [0.1, 0.15) is 48.0 Å². The standard InChI is InChI=1S/C10H23Ge/c1-7-10(6)11(8(2)3)9(4)5/h8-10H,7H2,1-6H3. The molecule has 0 bridgehead atoms. The molecule has 0 spiro atoms. The van der Waals surface area contributed by atoms with Crippen molar-refractivity contribution in [1.29, 1.82) is 0 Å². The van der Waals surface area contributed by atoms with E-state index >= 15 is 0 Å². The first-order valence-corrected chi connectivity index (χ1v) is 8.50. The number of hydrogen-bond donors (Lipinski definition) is 0. The second kappa shape index (κ2) is 5.23. The summed E-state index contributed by atoms with van der Waals surface area (Å²) in [5.41, 5.74) is 0. The maximum absolute atomic E-state index is 2.45. The fourth-order valence-corrected chi connectivity index (χ4v) is 10.6. The fourth-order valence-electron chi connectivity index (χ4n) is 2.04. The molecule has 0 aromatic carbocycles.